The van der Waals surface area contributed by atoms with Crippen LogP contribution in [0, 0.1) is 5.41 Å². The number of hydrogen-bond donors (Lipinski definition) is 2. The zero-order chi connectivity index (χ0) is 18.4. The van der Waals surface area contributed by atoms with Gasteiger partial charge in [-0.1, -0.05) is 48.5 Å². The Morgan fingerprint density at radius 3 is 2.65 bits per heavy atom. The topological polar surface area (TPSA) is 88.2 Å². The van der Waals surface area contributed by atoms with Gasteiger partial charge in [-0.3, -0.25) is 5.41 Å². The lowest BCUT2D eigenvalue weighted by atomic mass is 10.1. The van der Waals surface area contributed by atoms with Crippen molar-refractivity contribution in [1.29, 1.82) is 5.41 Å². The number of anilines is 1. The van der Waals surface area contributed by atoms with E-state index in [2.05, 4.69) is 10.3 Å². The summed E-state index contributed by atoms with van der Waals surface area (Å²) in [7, 11) is 0. The first kappa shape index (κ1) is 17.4. The average molecular weight is 349 g/mol. The largest absolute Gasteiger partial charge is 0.460 e. The number of oxazole rings is 1. The SMILES string of the molecule is CCOC(=O)c1cnc(C(=N)c2ccccc2NCc2ccccc2)o1. The Kier molecular flexibility index (Phi) is 5.43. The molecule has 0 saturated heterocycles. The lowest BCUT2D eigenvalue weighted by Gasteiger charge is -2.11. The summed E-state index contributed by atoms with van der Waals surface area (Å²) in [6.07, 6.45) is 1.28. The molecule has 0 bridgehead atoms. The Labute approximate surface area is 151 Å². The second kappa shape index (κ2) is 8.11. The maximum absolute atomic E-state index is 11.7. The molecule has 6 nitrogen and oxygen atoms in total. The molecule has 0 saturated carbocycles. The molecular formula is C20H19N3O3. The summed E-state index contributed by atoms with van der Waals surface area (Å²) in [4.78, 5) is 15.7. The van der Waals surface area contributed by atoms with Crippen molar-refractivity contribution in [2.24, 2.45) is 0 Å². The normalized spacial score (nSPS) is 10.3. The van der Waals surface area contributed by atoms with Crippen LogP contribution in [0.2, 0.25) is 0 Å². The maximum atomic E-state index is 11.7. The Hall–Kier alpha value is -3.41. The minimum atomic E-state index is -0.588. The molecule has 6 heteroatoms. The van der Waals surface area contributed by atoms with Gasteiger partial charge < -0.3 is 14.5 Å². The smallest absolute Gasteiger partial charge is 0.375 e. The van der Waals surface area contributed by atoms with Crippen LogP contribution in [-0.2, 0) is 11.3 Å². The van der Waals surface area contributed by atoms with E-state index in [9.17, 15) is 4.79 Å². The van der Waals surface area contributed by atoms with Gasteiger partial charge in [0.2, 0.25) is 11.7 Å². The monoisotopic (exact) mass is 349 g/mol. The van der Waals surface area contributed by atoms with Crippen molar-refractivity contribution in [2.45, 2.75) is 13.5 Å². The molecule has 0 unspecified atom stereocenters. The molecule has 2 N–H and O–H groups in total. The molecule has 0 amide bonds. The summed E-state index contributed by atoms with van der Waals surface area (Å²) in [5, 5.41) is 11.7. The summed E-state index contributed by atoms with van der Waals surface area (Å²) in [5.74, 6) is -0.530. The standard InChI is InChI=1S/C20H19N3O3/c1-2-25-20(24)17-13-23-19(26-17)18(21)15-10-6-7-11-16(15)22-12-14-8-4-3-5-9-14/h3-11,13,21-22H,2,12H2,1H3. The van der Waals surface area contributed by atoms with Crippen LogP contribution in [0.1, 0.15) is 34.5 Å². The van der Waals surface area contributed by atoms with E-state index in [-0.39, 0.29) is 24.0 Å². The number of esters is 1. The highest BCUT2D eigenvalue weighted by atomic mass is 16.5. The van der Waals surface area contributed by atoms with Gasteiger partial charge in [-0.25, -0.2) is 9.78 Å². The molecule has 2 aromatic carbocycles. The molecule has 1 heterocycles. The molecule has 26 heavy (non-hydrogen) atoms. The summed E-state index contributed by atoms with van der Waals surface area (Å²) >= 11 is 0. The van der Waals surface area contributed by atoms with Crippen molar-refractivity contribution < 1.29 is 13.9 Å². The van der Waals surface area contributed by atoms with E-state index in [1.54, 1.807) is 6.92 Å². The number of carbonyl (C=O) groups excluding carboxylic acids is 1. The van der Waals surface area contributed by atoms with Crippen LogP contribution in [0.4, 0.5) is 5.69 Å². The molecule has 0 spiro atoms. The minimum Gasteiger partial charge on any atom is -0.460 e. The van der Waals surface area contributed by atoms with Gasteiger partial charge in [0, 0.05) is 17.8 Å². The average Bonchev–Trinajstić information content (AvgIpc) is 3.17. The van der Waals surface area contributed by atoms with Gasteiger partial charge >= 0.3 is 5.97 Å². The molecule has 3 rings (SSSR count). The van der Waals surface area contributed by atoms with Gasteiger partial charge in [-0.2, -0.15) is 0 Å². The molecule has 132 valence electrons. The van der Waals surface area contributed by atoms with E-state index >= 15 is 0 Å². The summed E-state index contributed by atoms with van der Waals surface area (Å²) in [6, 6.07) is 17.4. The highest BCUT2D eigenvalue weighted by molar-refractivity contribution is 6.11. The lowest BCUT2D eigenvalue weighted by molar-refractivity contribution is 0.0489. The third kappa shape index (κ3) is 3.97. The van der Waals surface area contributed by atoms with Crippen molar-refractivity contribution >= 4 is 17.4 Å². The minimum absolute atomic E-state index is 0.0127. The van der Waals surface area contributed by atoms with E-state index < -0.39 is 5.97 Å². The van der Waals surface area contributed by atoms with Crippen molar-refractivity contribution in [3.05, 3.63) is 83.6 Å². The molecule has 0 fully saturated rings. The van der Waals surface area contributed by atoms with Gasteiger partial charge in [0.15, 0.2) is 0 Å². The Balaban J connectivity index is 1.78. The van der Waals surface area contributed by atoms with Crippen molar-refractivity contribution in [2.75, 3.05) is 11.9 Å². The molecule has 3 aromatic rings. The van der Waals surface area contributed by atoms with Crippen LogP contribution in [0.25, 0.3) is 0 Å². The second-order valence-corrected chi connectivity index (χ2v) is 5.51. The van der Waals surface area contributed by atoms with Gasteiger partial charge in [0.1, 0.15) is 5.71 Å². The predicted octanol–water partition coefficient (Wildman–Crippen LogP) is 3.88. The highest BCUT2D eigenvalue weighted by Crippen LogP contribution is 2.20. The number of carbonyl (C=O) groups is 1. The highest BCUT2D eigenvalue weighted by Gasteiger charge is 2.18. The lowest BCUT2D eigenvalue weighted by Crippen LogP contribution is -2.08. The Bertz CT molecular complexity index is 903. The quantitative estimate of drug-likeness (QED) is 0.499. The number of aromatic nitrogens is 1. The second-order valence-electron chi connectivity index (χ2n) is 5.51. The number of hydrogen-bond acceptors (Lipinski definition) is 6. The molecule has 0 radical (unpaired) electrons. The first-order valence-corrected chi connectivity index (χ1v) is 8.28. The van der Waals surface area contributed by atoms with Crippen LogP contribution in [0.15, 0.2) is 65.2 Å². The van der Waals surface area contributed by atoms with Crippen LogP contribution >= 0.6 is 0 Å². The van der Waals surface area contributed by atoms with Crippen LogP contribution < -0.4 is 5.32 Å². The van der Waals surface area contributed by atoms with Gasteiger partial charge in [-0.05, 0) is 18.6 Å². The maximum Gasteiger partial charge on any atom is 0.375 e. The zero-order valence-electron chi connectivity index (χ0n) is 14.4. The Morgan fingerprint density at radius 1 is 1.15 bits per heavy atom. The summed E-state index contributed by atoms with van der Waals surface area (Å²) in [5.41, 5.74) is 2.66. The third-order valence-electron chi connectivity index (χ3n) is 3.72. The van der Waals surface area contributed by atoms with E-state index in [0.29, 0.717) is 12.1 Å². The van der Waals surface area contributed by atoms with Crippen LogP contribution in [0.3, 0.4) is 0 Å². The summed E-state index contributed by atoms with van der Waals surface area (Å²) in [6.45, 7) is 2.59. The number of para-hydroxylation sites is 1. The van der Waals surface area contributed by atoms with E-state index in [4.69, 9.17) is 14.6 Å². The molecule has 1 aromatic heterocycles. The third-order valence-corrected chi connectivity index (χ3v) is 3.72. The summed E-state index contributed by atoms with van der Waals surface area (Å²) < 4.78 is 10.3. The van der Waals surface area contributed by atoms with E-state index in [1.807, 2.05) is 54.6 Å². The van der Waals surface area contributed by atoms with Crippen LogP contribution in [-0.4, -0.2) is 23.3 Å². The molecule has 0 atom stereocenters. The first-order chi connectivity index (χ1) is 12.7. The number of nitrogens with zero attached hydrogens (tertiary/aromatic N) is 1. The number of benzene rings is 2. The molecule has 0 aliphatic carbocycles. The molecular weight excluding hydrogens is 330 g/mol. The number of rotatable bonds is 7. The molecule has 0 aliphatic rings. The van der Waals surface area contributed by atoms with Gasteiger partial charge in [0.25, 0.3) is 0 Å². The van der Waals surface area contributed by atoms with Crippen molar-refractivity contribution in [3.8, 4) is 0 Å². The fourth-order valence-electron chi connectivity index (χ4n) is 2.45. The van der Waals surface area contributed by atoms with Gasteiger partial charge in [0.05, 0.1) is 12.8 Å². The van der Waals surface area contributed by atoms with E-state index in [1.165, 1.54) is 6.20 Å². The van der Waals surface area contributed by atoms with Crippen molar-refractivity contribution in [3.63, 3.8) is 0 Å². The van der Waals surface area contributed by atoms with E-state index in [0.717, 1.165) is 11.3 Å². The predicted molar refractivity (Wildman–Crippen MR) is 98.6 cm³/mol. The fraction of sp³-hybridized carbons (Fsp3) is 0.150. The first-order valence-electron chi connectivity index (χ1n) is 8.28. The molecule has 0 aliphatic heterocycles. The van der Waals surface area contributed by atoms with Crippen molar-refractivity contribution in [1.82, 2.24) is 4.98 Å². The van der Waals surface area contributed by atoms with Gasteiger partial charge in [-0.15, -0.1) is 0 Å². The zero-order valence-corrected chi connectivity index (χ0v) is 14.4. The number of nitrogens with one attached hydrogen (secondary N) is 2. The Morgan fingerprint density at radius 2 is 1.88 bits per heavy atom. The fourth-order valence-corrected chi connectivity index (χ4v) is 2.45. The number of ether oxygens (including phenoxy) is 1. The van der Waals surface area contributed by atoms with Crippen LogP contribution in [0.5, 0.6) is 0 Å².